The third-order valence-electron chi connectivity index (χ3n) is 2.46. The van der Waals surface area contributed by atoms with E-state index in [2.05, 4.69) is 12.2 Å². The van der Waals surface area contributed by atoms with Crippen LogP contribution in [-0.4, -0.2) is 13.6 Å². The first-order valence-electron chi connectivity index (χ1n) is 5.22. The lowest BCUT2D eigenvalue weighted by Gasteiger charge is -2.12. The van der Waals surface area contributed by atoms with E-state index in [0.717, 1.165) is 35.0 Å². The van der Waals surface area contributed by atoms with Gasteiger partial charge in [0.1, 0.15) is 0 Å². The monoisotopic (exact) mass is 245 g/mol. The van der Waals surface area contributed by atoms with Gasteiger partial charge in [-0.25, -0.2) is 0 Å². The second kappa shape index (κ2) is 6.37. The van der Waals surface area contributed by atoms with Crippen molar-refractivity contribution in [1.29, 1.82) is 0 Å². The summed E-state index contributed by atoms with van der Waals surface area (Å²) in [4.78, 5) is 0. The largest absolute Gasteiger partial charge is 0.320 e. The highest BCUT2D eigenvalue weighted by atomic mass is 35.5. The summed E-state index contributed by atoms with van der Waals surface area (Å²) >= 11 is 12.0. The summed E-state index contributed by atoms with van der Waals surface area (Å²) in [5.74, 6) is 0.619. The van der Waals surface area contributed by atoms with Crippen LogP contribution >= 0.6 is 23.2 Å². The van der Waals surface area contributed by atoms with Gasteiger partial charge in [0.15, 0.2) is 0 Å². The molecule has 0 aliphatic heterocycles. The fraction of sp³-hybridized carbons (Fsp3) is 0.500. The van der Waals surface area contributed by atoms with Crippen molar-refractivity contribution in [3.05, 3.63) is 33.8 Å². The van der Waals surface area contributed by atoms with Crippen molar-refractivity contribution in [3.63, 3.8) is 0 Å². The summed E-state index contributed by atoms with van der Waals surface area (Å²) in [6.07, 6.45) is 2.14. The topological polar surface area (TPSA) is 12.0 Å². The van der Waals surface area contributed by atoms with Crippen molar-refractivity contribution in [2.24, 2.45) is 5.92 Å². The number of nitrogens with one attached hydrogen (secondary N) is 1. The molecule has 0 spiro atoms. The smallest absolute Gasteiger partial charge is 0.0439 e. The van der Waals surface area contributed by atoms with Crippen LogP contribution in [0.25, 0.3) is 0 Å². The first-order chi connectivity index (χ1) is 7.13. The Morgan fingerprint density at radius 1 is 1.33 bits per heavy atom. The van der Waals surface area contributed by atoms with Crippen LogP contribution in [0.15, 0.2) is 18.2 Å². The predicted molar refractivity (Wildman–Crippen MR) is 67.9 cm³/mol. The minimum atomic E-state index is 0.619. The van der Waals surface area contributed by atoms with Gasteiger partial charge < -0.3 is 5.32 Å². The van der Waals surface area contributed by atoms with E-state index in [-0.39, 0.29) is 0 Å². The van der Waals surface area contributed by atoms with Gasteiger partial charge in [0.25, 0.3) is 0 Å². The van der Waals surface area contributed by atoms with E-state index in [1.54, 1.807) is 0 Å². The van der Waals surface area contributed by atoms with Gasteiger partial charge in [0, 0.05) is 10.0 Å². The average Bonchev–Trinajstić information content (AvgIpc) is 2.20. The molecule has 1 unspecified atom stereocenters. The van der Waals surface area contributed by atoms with Crippen molar-refractivity contribution >= 4 is 23.2 Å². The molecule has 3 heteroatoms. The molecule has 0 amide bonds. The highest BCUT2D eigenvalue weighted by Crippen LogP contribution is 2.23. The number of rotatable bonds is 5. The Labute approximate surface area is 102 Å². The Morgan fingerprint density at radius 2 is 2.07 bits per heavy atom. The van der Waals surface area contributed by atoms with Gasteiger partial charge in [-0.05, 0) is 56.1 Å². The fourth-order valence-electron chi connectivity index (χ4n) is 1.57. The van der Waals surface area contributed by atoms with Crippen LogP contribution in [0.3, 0.4) is 0 Å². The lowest BCUT2D eigenvalue weighted by molar-refractivity contribution is 0.515. The maximum Gasteiger partial charge on any atom is 0.0439 e. The van der Waals surface area contributed by atoms with Crippen molar-refractivity contribution in [3.8, 4) is 0 Å². The molecule has 1 N–H and O–H groups in total. The molecule has 0 saturated heterocycles. The molecule has 0 aromatic heterocycles. The number of hydrogen-bond acceptors (Lipinski definition) is 1. The normalized spacial score (nSPS) is 12.8. The average molecular weight is 246 g/mol. The zero-order valence-corrected chi connectivity index (χ0v) is 10.7. The first kappa shape index (κ1) is 12.8. The fourth-order valence-corrected chi connectivity index (χ4v) is 1.96. The Kier molecular flexibility index (Phi) is 5.44. The van der Waals surface area contributed by atoms with Crippen LogP contribution in [0.1, 0.15) is 18.9 Å². The van der Waals surface area contributed by atoms with Gasteiger partial charge in [-0.3, -0.25) is 0 Å². The zero-order valence-electron chi connectivity index (χ0n) is 9.19. The van der Waals surface area contributed by atoms with Crippen molar-refractivity contribution in [1.82, 2.24) is 5.32 Å². The summed E-state index contributed by atoms with van der Waals surface area (Å²) < 4.78 is 0. The summed E-state index contributed by atoms with van der Waals surface area (Å²) in [6.45, 7) is 3.27. The van der Waals surface area contributed by atoms with E-state index >= 15 is 0 Å². The Morgan fingerprint density at radius 3 is 2.73 bits per heavy atom. The summed E-state index contributed by atoms with van der Waals surface area (Å²) in [5, 5.41) is 4.73. The van der Waals surface area contributed by atoms with Crippen LogP contribution in [-0.2, 0) is 6.42 Å². The molecule has 0 fully saturated rings. The van der Waals surface area contributed by atoms with Gasteiger partial charge in [0.2, 0.25) is 0 Å². The van der Waals surface area contributed by atoms with Crippen LogP contribution in [0, 0.1) is 5.92 Å². The van der Waals surface area contributed by atoms with E-state index in [0.29, 0.717) is 5.92 Å². The molecule has 84 valence electrons. The molecule has 0 radical (unpaired) electrons. The Balaban J connectivity index is 2.59. The van der Waals surface area contributed by atoms with Gasteiger partial charge in [-0.15, -0.1) is 0 Å². The van der Waals surface area contributed by atoms with Crippen LogP contribution in [0.5, 0.6) is 0 Å². The number of hydrogen-bond donors (Lipinski definition) is 1. The molecule has 1 atom stereocenters. The lowest BCUT2D eigenvalue weighted by atomic mass is 9.98. The standard InChI is InChI=1S/C12H17Cl2N/c1-9(5-6-15-2)7-10-8-11(13)3-4-12(10)14/h3-4,8-9,15H,5-7H2,1-2H3. The molecule has 0 aliphatic rings. The third kappa shape index (κ3) is 4.42. The van der Waals surface area contributed by atoms with E-state index < -0.39 is 0 Å². The molecule has 0 saturated carbocycles. The summed E-state index contributed by atoms with van der Waals surface area (Å²) in [6, 6.07) is 5.65. The Bertz CT molecular complexity index is 312. The van der Waals surface area contributed by atoms with Crippen molar-refractivity contribution in [2.45, 2.75) is 19.8 Å². The minimum absolute atomic E-state index is 0.619. The molecule has 0 heterocycles. The van der Waals surface area contributed by atoms with Crippen LogP contribution in [0.4, 0.5) is 0 Å². The molecule has 0 bridgehead atoms. The van der Waals surface area contributed by atoms with Gasteiger partial charge in [-0.2, -0.15) is 0 Å². The lowest BCUT2D eigenvalue weighted by Crippen LogP contribution is -2.12. The molecule has 1 aromatic rings. The second-order valence-electron chi connectivity index (χ2n) is 3.94. The highest BCUT2D eigenvalue weighted by molar-refractivity contribution is 6.33. The number of halogens is 2. The van der Waals surface area contributed by atoms with Crippen LogP contribution < -0.4 is 5.32 Å². The molecular weight excluding hydrogens is 229 g/mol. The summed E-state index contributed by atoms with van der Waals surface area (Å²) in [7, 11) is 1.97. The van der Waals surface area contributed by atoms with Gasteiger partial charge in [0.05, 0.1) is 0 Å². The molecule has 1 rings (SSSR count). The molecule has 1 nitrogen and oxygen atoms in total. The SMILES string of the molecule is CNCCC(C)Cc1cc(Cl)ccc1Cl. The molecule has 1 aromatic carbocycles. The quantitative estimate of drug-likeness (QED) is 0.833. The van der Waals surface area contributed by atoms with Crippen LogP contribution in [0.2, 0.25) is 10.0 Å². The zero-order chi connectivity index (χ0) is 11.3. The van der Waals surface area contributed by atoms with Gasteiger partial charge >= 0.3 is 0 Å². The first-order valence-corrected chi connectivity index (χ1v) is 5.97. The van der Waals surface area contributed by atoms with E-state index in [4.69, 9.17) is 23.2 Å². The minimum Gasteiger partial charge on any atom is -0.320 e. The van der Waals surface area contributed by atoms with E-state index in [1.165, 1.54) is 0 Å². The predicted octanol–water partition coefficient (Wildman–Crippen LogP) is 3.78. The molecule has 0 aliphatic carbocycles. The number of benzene rings is 1. The maximum absolute atomic E-state index is 6.10. The second-order valence-corrected chi connectivity index (χ2v) is 4.78. The summed E-state index contributed by atoms with van der Waals surface area (Å²) in [5.41, 5.74) is 1.15. The molecular formula is C12H17Cl2N. The van der Waals surface area contributed by atoms with Crippen molar-refractivity contribution in [2.75, 3.05) is 13.6 Å². The van der Waals surface area contributed by atoms with Gasteiger partial charge in [-0.1, -0.05) is 30.1 Å². The van der Waals surface area contributed by atoms with Crippen molar-refractivity contribution < 1.29 is 0 Å². The Hall–Kier alpha value is -0.240. The third-order valence-corrected chi connectivity index (χ3v) is 3.07. The molecule has 15 heavy (non-hydrogen) atoms. The maximum atomic E-state index is 6.10. The van der Waals surface area contributed by atoms with E-state index in [1.807, 2.05) is 25.2 Å². The van der Waals surface area contributed by atoms with E-state index in [9.17, 15) is 0 Å². The highest BCUT2D eigenvalue weighted by Gasteiger charge is 2.07.